The summed E-state index contributed by atoms with van der Waals surface area (Å²) in [6.07, 6.45) is -11.2. The van der Waals surface area contributed by atoms with Crippen LogP contribution in [0.3, 0.4) is 0 Å². The number of aromatic amines is 1. The number of alkyl halides is 7. The fourth-order valence-electron chi connectivity index (χ4n) is 3.95. The van der Waals surface area contributed by atoms with E-state index >= 15 is 0 Å². The van der Waals surface area contributed by atoms with Crippen LogP contribution in [0.15, 0.2) is 46.5 Å². The Bertz CT molecular complexity index is 1700. The van der Waals surface area contributed by atoms with Gasteiger partial charge in [0, 0.05) is 25.0 Å². The quantitative estimate of drug-likeness (QED) is 0.301. The van der Waals surface area contributed by atoms with E-state index in [1.165, 1.54) is 6.92 Å². The molecule has 8 nitrogen and oxygen atoms in total. The van der Waals surface area contributed by atoms with E-state index in [-0.39, 0.29) is 5.39 Å². The van der Waals surface area contributed by atoms with Crippen molar-refractivity contribution in [2.45, 2.75) is 44.5 Å². The molecule has 0 saturated heterocycles. The molecule has 1 N–H and O–H groups in total. The fourth-order valence-corrected chi connectivity index (χ4v) is 3.95. The summed E-state index contributed by atoms with van der Waals surface area (Å²) >= 11 is 0. The van der Waals surface area contributed by atoms with E-state index in [2.05, 4.69) is 15.1 Å². The Labute approximate surface area is 222 Å². The third kappa shape index (κ3) is 6.17. The molecule has 0 spiro atoms. The molecule has 0 bridgehead atoms. The molecule has 1 aromatic carbocycles. The minimum absolute atomic E-state index is 0.183. The van der Waals surface area contributed by atoms with Crippen molar-refractivity contribution < 1.29 is 44.3 Å². The first kappa shape index (κ1) is 29.5. The van der Waals surface area contributed by atoms with Gasteiger partial charge in [0.25, 0.3) is 11.1 Å². The van der Waals surface area contributed by atoms with Gasteiger partial charge in [-0.3, -0.25) is 9.59 Å². The average molecular weight is 593 g/mol. The van der Waals surface area contributed by atoms with E-state index in [1.54, 1.807) is 5.10 Å². The third-order valence-corrected chi connectivity index (χ3v) is 5.78. The number of benzene rings is 1. The molecule has 0 fully saturated rings. The van der Waals surface area contributed by atoms with Gasteiger partial charge in [-0.05, 0) is 24.4 Å². The summed E-state index contributed by atoms with van der Waals surface area (Å²) in [5.74, 6) is -4.82. The van der Waals surface area contributed by atoms with E-state index in [9.17, 15) is 49.1 Å². The van der Waals surface area contributed by atoms with Gasteiger partial charge in [-0.2, -0.15) is 31.4 Å². The SMILES string of the molecule is C[C@H](C[C@@H](F)Cn1ccc2cc(-c3ncc(C(F)(F)F)cn3)c(F)c(F)c2c1=O)Oc1cn[nH]c(=O)c1C(F)(F)F. The summed E-state index contributed by atoms with van der Waals surface area (Å²) in [6.45, 7) is 0.476. The Morgan fingerprint density at radius 1 is 1.00 bits per heavy atom. The average Bonchev–Trinajstić information content (AvgIpc) is 2.86. The maximum Gasteiger partial charge on any atom is 0.425 e. The van der Waals surface area contributed by atoms with Gasteiger partial charge in [-0.1, -0.05) is 0 Å². The summed E-state index contributed by atoms with van der Waals surface area (Å²) in [5.41, 5.74) is -6.24. The number of ether oxygens (including phenoxy) is 1. The normalized spacial score (nSPS) is 13.8. The molecule has 218 valence electrons. The summed E-state index contributed by atoms with van der Waals surface area (Å²) in [4.78, 5) is 31.2. The highest BCUT2D eigenvalue weighted by molar-refractivity contribution is 5.86. The largest absolute Gasteiger partial charge is 0.488 e. The molecule has 41 heavy (non-hydrogen) atoms. The van der Waals surface area contributed by atoms with Gasteiger partial charge in [-0.15, -0.1) is 0 Å². The standard InChI is InChI=1S/C24H16F9N5O3/c1-10(41-15-8-36-37-21(39)17(15)24(31,32)33)4-13(25)9-38-3-2-11-5-14(18(26)19(27)16(11)22(38)40)20-34-6-12(7-35-20)23(28,29)30/h2-3,5-8,10,13H,4,9H2,1H3,(H,37,39)/t10-,13-/m1/s1. The second-order valence-electron chi connectivity index (χ2n) is 8.78. The highest BCUT2D eigenvalue weighted by atomic mass is 19.4. The van der Waals surface area contributed by atoms with Crippen molar-refractivity contribution in [2.24, 2.45) is 0 Å². The number of rotatable bonds is 7. The van der Waals surface area contributed by atoms with Crippen molar-refractivity contribution in [1.29, 1.82) is 0 Å². The Morgan fingerprint density at radius 2 is 1.66 bits per heavy atom. The molecule has 0 aliphatic heterocycles. The van der Waals surface area contributed by atoms with Crippen LogP contribution in [0.2, 0.25) is 0 Å². The number of halogens is 9. The molecule has 3 heterocycles. The number of hydrogen-bond donors (Lipinski definition) is 1. The van der Waals surface area contributed by atoms with Crippen LogP contribution >= 0.6 is 0 Å². The van der Waals surface area contributed by atoms with Gasteiger partial charge in [0.2, 0.25) is 0 Å². The second kappa shape index (κ2) is 10.9. The first-order valence-electron chi connectivity index (χ1n) is 11.4. The molecule has 0 amide bonds. The Hall–Kier alpha value is -4.44. The van der Waals surface area contributed by atoms with E-state index in [1.807, 2.05) is 0 Å². The molecule has 3 aromatic heterocycles. The minimum Gasteiger partial charge on any atom is -0.488 e. The third-order valence-electron chi connectivity index (χ3n) is 5.78. The minimum atomic E-state index is -5.09. The second-order valence-corrected chi connectivity index (χ2v) is 8.78. The maximum absolute atomic E-state index is 14.9. The van der Waals surface area contributed by atoms with Crippen molar-refractivity contribution >= 4 is 10.8 Å². The molecule has 17 heteroatoms. The number of pyridine rings is 1. The summed E-state index contributed by atoms with van der Waals surface area (Å²) in [5, 5.41) is 3.88. The van der Waals surface area contributed by atoms with Gasteiger partial charge < -0.3 is 9.30 Å². The van der Waals surface area contributed by atoms with Crippen LogP contribution in [0.5, 0.6) is 5.75 Å². The van der Waals surface area contributed by atoms with Gasteiger partial charge in [0.1, 0.15) is 6.17 Å². The van der Waals surface area contributed by atoms with Crippen LogP contribution in [-0.2, 0) is 18.9 Å². The predicted octanol–water partition coefficient (Wildman–Crippen LogP) is 5.05. The van der Waals surface area contributed by atoms with E-state index in [4.69, 9.17) is 4.74 Å². The predicted molar refractivity (Wildman–Crippen MR) is 124 cm³/mol. The van der Waals surface area contributed by atoms with Crippen LogP contribution in [0.1, 0.15) is 24.5 Å². The molecule has 4 aromatic rings. The van der Waals surface area contributed by atoms with Crippen molar-refractivity contribution in [3.8, 4) is 17.1 Å². The lowest BCUT2D eigenvalue weighted by Gasteiger charge is -2.19. The van der Waals surface area contributed by atoms with Gasteiger partial charge in [0.15, 0.2) is 28.8 Å². The van der Waals surface area contributed by atoms with E-state index < -0.39 is 94.0 Å². The highest BCUT2D eigenvalue weighted by Gasteiger charge is 2.39. The molecule has 0 aliphatic rings. The van der Waals surface area contributed by atoms with E-state index in [0.717, 1.165) is 18.3 Å². The molecule has 0 saturated carbocycles. The Morgan fingerprint density at radius 3 is 2.27 bits per heavy atom. The molecule has 0 aliphatic carbocycles. The zero-order chi connectivity index (χ0) is 30.3. The van der Waals surface area contributed by atoms with Gasteiger partial charge in [-0.25, -0.2) is 28.2 Å². The number of H-pyrrole nitrogens is 1. The molecule has 0 unspecified atom stereocenters. The van der Waals surface area contributed by atoms with Crippen LogP contribution in [0, 0.1) is 11.6 Å². The number of aromatic nitrogens is 5. The first-order valence-corrected chi connectivity index (χ1v) is 11.4. The molecule has 4 rings (SSSR count). The van der Waals surface area contributed by atoms with Gasteiger partial charge in [0.05, 0.1) is 35.4 Å². The number of hydrogen-bond acceptors (Lipinski definition) is 6. The Balaban J connectivity index is 1.56. The highest BCUT2D eigenvalue weighted by Crippen LogP contribution is 2.34. The van der Waals surface area contributed by atoms with Crippen LogP contribution in [-0.4, -0.2) is 37.0 Å². The molecule has 0 radical (unpaired) electrons. The lowest BCUT2D eigenvalue weighted by atomic mass is 10.1. The van der Waals surface area contributed by atoms with Crippen molar-refractivity contribution in [1.82, 2.24) is 24.7 Å². The monoisotopic (exact) mass is 593 g/mol. The molecular formula is C24H16F9N5O3. The van der Waals surface area contributed by atoms with Crippen molar-refractivity contribution in [3.05, 3.63) is 80.4 Å². The Kier molecular flexibility index (Phi) is 7.82. The van der Waals surface area contributed by atoms with Crippen molar-refractivity contribution in [3.63, 3.8) is 0 Å². The zero-order valence-electron chi connectivity index (χ0n) is 20.4. The number of fused-ring (bicyclic) bond motifs is 1. The molecular weight excluding hydrogens is 577 g/mol. The zero-order valence-corrected chi connectivity index (χ0v) is 20.4. The van der Waals surface area contributed by atoms with Crippen LogP contribution in [0.25, 0.3) is 22.2 Å². The fraction of sp³-hybridized carbons (Fsp3) is 0.292. The first-order chi connectivity index (χ1) is 19.1. The lowest BCUT2D eigenvalue weighted by molar-refractivity contribution is -0.140. The van der Waals surface area contributed by atoms with Crippen LogP contribution in [0.4, 0.5) is 39.5 Å². The van der Waals surface area contributed by atoms with E-state index in [0.29, 0.717) is 23.2 Å². The van der Waals surface area contributed by atoms with Gasteiger partial charge >= 0.3 is 12.4 Å². The summed E-state index contributed by atoms with van der Waals surface area (Å²) in [7, 11) is 0. The smallest absolute Gasteiger partial charge is 0.425 e. The molecule has 2 atom stereocenters. The number of nitrogens with zero attached hydrogens (tertiary/aromatic N) is 4. The maximum atomic E-state index is 14.9. The van der Waals surface area contributed by atoms with Crippen molar-refractivity contribution in [2.75, 3.05) is 0 Å². The van der Waals surface area contributed by atoms with Crippen LogP contribution < -0.4 is 15.9 Å². The lowest BCUT2D eigenvalue weighted by Crippen LogP contribution is -2.29. The topological polar surface area (TPSA) is 103 Å². The summed E-state index contributed by atoms with van der Waals surface area (Å²) in [6, 6.07) is 2.07. The number of nitrogens with one attached hydrogen (secondary N) is 1. The summed E-state index contributed by atoms with van der Waals surface area (Å²) < 4.78 is 128.